The lowest BCUT2D eigenvalue weighted by atomic mass is 10.1. The average Bonchev–Trinajstić information content (AvgIpc) is 3.12. The number of nitrogen functional groups attached to an aromatic ring is 1. The van der Waals surface area contributed by atoms with Gasteiger partial charge in [0.1, 0.15) is 0 Å². The number of carbonyl (C=O) groups is 2. The Labute approximate surface area is 148 Å². The van der Waals surface area contributed by atoms with Crippen LogP contribution in [0.4, 0.5) is 26.7 Å². The molecule has 6 nitrogen and oxygen atoms in total. The molecule has 0 aliphatic heterocycles. The molecule has 1 aromatic heterocycles. The molecule has 3 rings (SSSR count). The number of rotatable bonds is 3. The zero-order valence-corrected chi connectivity index (χ0v) is 13.9. The molecule has 0 saturated carbocycles. The Morgan fingerprint density at radius 3 is 2.40 bits per heavy atom. The third-order valence-electron chi connectivity index (χ3n) is 3.30. The van der Waals surface area contributed by atoms with Crippen molar-refractivity contribution in [3.63, 3.8) is 0 Å². The summed E-state index contributed by atoms with van der Waals surface area (Å²) in [7, 11) is 0. The highest BCUT2D eigenvalue weighted by atomic mass is 32.1. The number of nitrogens with two attached hydrogens (primary N) is 1. The van der Waals surface area contributed by atoms with Crippen LogP contribution in [0.25, 0.3) is 10.4 Å². The van der Waals surface area contributed by atoms with Crippen molar-refractivity contribution in [1.82, 2.24) is 0 Å². The summed E-state index contributed by atoms with van der Waals surface area (Å²) in [5.41, 5.74) is 8.07. The first-order valence-corrected chi connectivity index (χ1v) is 8.28. The molecule has 0 aliphatic rings. The summed E-state index contributed by atoms with van der Waals surface area (Å²) >= 11 is 1.57. The maximum atomic E-state index is 11.9. The number of anilines is 3. The van der Waals surface area contributed by atoms with E-state index in [9.17, 15) is 9.59 Å². The average molecular weight is 353 g/mol. The fourth-order valence-electron chi connectivity index (χ4n) is 2.15. The summed E-state index contributed by atoms with van der Waals surface area (Å²) in [6.07, 6.45) is -1.79. The molecule has 0 unspecified atom stereocenters. The van der Waals surface area contributed by atoms with Gasteiger partial charge in [-0.25, -0.2) is 9.59 Å². The maximum Gasteiger partial charge on any atom is 0.420 e. The van der Waals surface area contributed by atoms with Gasteiger partial charge >= 0.3 is 12.2 Å². The molecule has 0 atom stereocenters. The van der Waals surface area contributed by atoms with Crippen LogP contribution >= 0.6 is 11.3 Å². The summed E-state index contributed by atoms with van der Waals surface area (Å²) in [5, 5.41) is 6.90. The number of thiophene rings is 1. The lowest BCUT2D eigenvalue weighted by Crippen LogP contribution is -2.22. The van der Waals surface area contributed by atoms with E-state index in [0.717, 1.165) is 10.4 Å². The molecule has 126 valence electrons. The molecular weight excluding hydrogens is 338 g/mol. The van der Waals surface area contributed by atoms with E-state index in [1.54, 1.807) is 47.7 Å². The highest BCUT2D eigenvalue weighted by molar-refractivity contribution is 7.13. The molecule has 0 radical (unpaired) electrons. The highest BCUT2D eigenvalue weighted by Gasteiger charge is 2.13. The van der Waals surface area contributed by atoms with Crippen LogP contribution in [0.15, 0.2) is 66.0 Å². The number of benzene rings is 2. The molecule has 0 aliphatic carbocycles. The van der Waals surface area contributed by atoms with Gasteiger partial charge in [0.2, 0.25) is 0 Å². The maximum absolute atomic E-state index is 11.9. The second-order valence-corrected chi connectivity index (χ2v) is 6.02. The molecule has 1 heterocycles. The van der Waals surface area contributed by atoms with Gasteiger partial charge in [0, 0.05) is 10.6 Å². The summed E-state index contributed by atoms with van der Waals surface area (Å²) in [4.78, 5) is 24.7. The minimum absolute atomic E-state index is 0.376. The topological polar surface area (TPSA) is 93.4 Å². The SMILES string of the molecule is Nc1ccc(-c2cccs2)cc1NC(=O)OC(=O)Nc1ccccc1. The smallest absolute Gasteiger partial charge is 0.397 e. The monoisotopic (exact) mass is 353 g/mol. The van der Waals surface area contributed by atoms with Crippen molar-refractivity contribution in [3.8, 4) is 10.4 Å². The van der Waals surface area contributed by atoms with Gasteiger partial charge in [-0.1, -0.05) is 30.3 Å². The van der Waals surface area contributed by atoms with Crippen molar-refractivity contribution >= 4 is 40.6 Å². The van der Waals surface area contributed by atoms with Crippen molar-refractivity contribution in [2.45, 2.75) is 0 Å². The fourth-order valence-corrected chi connectivity index (χ4v) is 2.87. The van der Waals surface area contributed by atoms with Gasteiger partial charge in [-0.2, -0.15) is 0 Å². The molecule has 2 amide bonds. The lowest BCUT2D eigenvalue weighted by molar-refractivity contribution is 0.170. The molecule has 2 aromatic carbocycles. The highest BCUT2D eigenvalue weighted by Crippen LogP contribution is 2.30. The zero-order chi connectivity index (χ0) is 17.6. The van der Waals surface area contributed by atoms with E-state index in [1.807, 2.05) is 29.6 Å². The van der Waals surface area contributed by atoms with E-state index in [0.29, 0.717) is 17.1 Å². The molecule has 0 bridgehead atoms. The molecule has 0 spiro atoms. The number of nitrogens with one attached hydrogen (secondary N) is 2. The number of para-hydroxylation sites is 1. The minimum atomic E-state index is -0.913. The lowest BCUT2D eigenvalue weighted by Gasteiger charge is -2.10. The first kappa shape index (κ1) is 16.5. The third-order valence-corrected chi connectivity index (χ3v) is 4.22. The predicted molar refractivity (Wildman–Crippen MR) is 99.7 cm³/mol. The Kier molecular flexibility index (Phi) is 4.96. The third kappa shape index (κ3) is 4.36. The van der Waals surface area contributed by atoms with E-state index in [2.05, 4.69) is 10.6 Å². The largest absolute Gasteiger partial charge is 0.420 e. The normalized spacial score (nSPS) is 10.1. The van der Waals surface area contributed by atoms with E-state index in [-0.39, 0.29) is 0 Å². The Morgan fingerprint density at radius 2 is 1.68 bits per heavy atom. The van der Waals surface area contributed by atoms with Crippen LogP contribution in [0.1, 0.15) is 0 Å². The van der Waals surface area contributed by atoms with E-state index < -0.39 is 12.2 Å². The fraction of sp³-hybridized carbons (Fsp3) is 0. The summed E-state index contributed by atoms with van der Waals surface area (Å²) in [6, 6.07) is 17.9. The van der Waals surface area contributed by atoms with Gasteiger partial charge in [0.15, 0.2) is 0 Å². The van der Waals surface area contributed by atoms with Crippen molar-refractivity contribution in [3.05, 3.63) is 66.0 Å². The number of carbonyl (C=O) groups excluding carboxylic acids is 2. The van der Waals surface area contributed by atoms with E-state index >= 15 is 0 Å². The van der Waals surface area contributed by atoms with Gasteiger partial charge in [0.25, 0.3) is 0 Å². The van der Waals surface area contributed by atoms with Crippen LogP contribution in [-0.4, -0.2) is 12.2 Å². The molecule has 25 heavy (non-hydrogen) atoms. The Bertz CT molecular complexity index is 880. The van der Waals surface area contributed by atoms with Gasteiger partial charge in [0.05, 0.1) is 11.4 Å². The molecular formula is C18H15N3O3S. The number of hydrogen-bond acceptors (Lipinski definition) is 5. The van der Waals surface area contributed by atoms with Crippen molar-refractivity contribution in [2.24, 2.45) is 0 Å². The van der Waals surface area contributed by atoms with Crippen molar-refractivity contribution < 1.29 is 14.3 Å². The van der Waals surface area contributed by atoms with Crippen molar-refractivity contribution in [2.75, 3.05) is 16.4 Å². The van der Waals surface area contributed by atoms with Crippen molar-refractivity contribution in [1.29, 1.82) is 0 Å². The zero-order valence-electron chi connectivity index (χ0n) is 13.1. The van der Waals surface area contributed by atoms with Crippen LogP contribution in [0, 0.1) is 0 Å². The van der Waals surface area contributed by atoms with Crippen LogP contribution in [-0.2, 0) is 4.74 Å². The second kappa shape index (κ2) is 7.50. The van der Waals surface area contributed by atoms with Gasteiger partial charge in [-0.15, -0.1) is 11.3 Å². The summed E-state index contributed by atoms with van der Waals surface area (Å²) < 4.78 is 4.69. The Morgan fingerprint density at radius 1 is 0.920 bits per heavy atom. The van der Waals surface area contributed by atoms with E-state index in [4.69, 9.17) is 10.5 Å². The summed E-state index contributed by atoms with van der Waals surface area (Å²) in [5.74, 6) is 0. The molecule has 0 fully saturated rings. The minimum Gasteiger partial charge on any atom is -0.397 e. The second-order valence-electron chi connectivity index (χ2n) is 5.07. The molecule has 0 saturated heterocycles. The van der Waals surface area contributed by atoms with Crippen LogP contribution in [0.5, 0.6) is 0 Å². The Hall–Kier alpha value is -3.32. The molecule has 3 aromatic rings. The van der Waals surface area contributed by atoms with Crippen LogP contribution in [0.2, 0.25) is 0 Å². The quantitative estimate of drug-likeness (QED) is 0.467. The first-order chi connectivity index (χ1) is 12.1. The van der Waals surface area contributed by atoms with E-state index in [1.165, 1.54) is 0 Å². The predicted octanol–water partition coefficient (Wildman–Crippen LogP) is 4.78. The molecule has 7 heteroatoms. The summed E-state index contributed by atoms with van der Waals surface area (Å²) in [6.45, 7) is 0. The van der Waals surface area contributed by atoms with Crippen LogP contribution in [0.3, 0.4) is 0 Å². The number of ether oxygens (including phenoxy) is 1. The van der Waals surface area contributed by atoms with Crippen LogP contribution < -0.4 is 16.4 Å². The van der Waals surface area contributed by atoms with Gasteiger partial charge < -0.3 is 10.5 Å². The standard InChI is InChI=1S/C18H15N3O3S/c19-14-9-8-12(16-7-4-10-25-16)11-15(14)21-18(23)24-17(22)20-13-5-2-1-3-6-13/h1-11H,19H2,(H,20,22)(H,21,23). The Balaban J connectivity index is 1.64. The van der Waals surface area contributed by atoms with Gasteiger partial charge in [-0.05, 0) is 41.3 Å². The first-order valence-electron chi connectivity index (χ1n) is 7.40. The number of hydrogen-bond donors (Lipinski definition) is 3. The van der Waals surface area contributed by atoms with Gasteiger partial charge in [-0.3, -0.25) is 10.6 Å². The number of amides is 2. The molecule has 4 N–H and O–H groups in total.